The largest absolute Gasteiger partial charge is 0.461 e. The van der Waals surface area contributed by atoms with Crippen molar-refractivity contribution in [2.75, 3.05) is 11.5 Å². The average molecular weight is 484 g/mol. The quantitative estimate of drug-likeness (QED) is 0.445. The van der Waals surface area contributed by atoms with Gasteiger partial charge >= 0.3 is 0 Å². The normalized spacial score (nSPS) is 17.2. The third kappa shape index (κ3) is 4.55. The van der Waals surface area contributed by atoms with Crippen LogP contribution in [0.1, 0.15) is 56.1 Å². The van der Waals surface area contributed by atoms with E-state index in [1.54, 1.807) is 48.0 Å². The molecule has 1 aliphatic rings. The van der Waals surface area contributed by atoms with Crippen molar-refractivity contribution in [1.29, 1.82) is 5.26 Å². The lowest BCUT2D eigenvalue weighted by Gasteiger charge is -2.37. The first-order valence-electron chi connectivity index (χ1n) is 11.0. The monoisotopic (exact) mass is 483 g/mol. The summed E-state index contributed by atoms with van der Waals surface area (Å²) in [6.45, 7) is 6.98. The minimum atomic E-state index is -3.07. The molecule has 0 spiro atoms. The summed E-state index contributed by atoms with van der Waals surface area (Å²) in [6.07, 6.45) is -1.39. The Hall–Kier alpha value is -3.25. The minimum absolute atomic E-state index is 0.0108. The lowest BCUT2D eigenvalue weighted by molar-refractivity contribution is 0.0860. The van der Waals surface area contributed by atoms with Gasteiger partial charge in [0, 0.05) is 41.3 Å². The molecule has 34 heavy (non-hydrogen) atoms. The van der Waals surface area contributed by atoms with E-state index in [0.29, 0.717) is 39.0 Å². The number of sulfone groups is 1. The maximum Gasteiger partial charge on any atom is 0.235 e. The van der Waals surface area contributed by atoms with Gasteiger partial charge in [-0.3, -0.25) is 9.48 Å². The Bertz CT molecular complexity index is 1420. The summed E-state index contributed by atoms with van der Waals surface area (Å²) in [6, 6.07) is 12.2. The molecule has 2 aromatic carbocycles. The van der Waals surface area contributed by atoms with Crippen LogP contribution in [0.4, 0.5) is 4.39 Å². The third-order valence-corrected chi connectivity index (χ3v) is 8.14. The molecule has 2 heterocycles. The summed E-state index contributed by atoms with van der Waals surface area (Å²) in [5.74, 6) is 0.113. The molecule has 0 radical (unpaired) electrons. The fourth-order valence-corrected chi connectivity index (χ4v) is 6.87. The first-order chi connectivity index (χ1) is 15.9. The first kappa shape index (κ1) is 23.9. The number of nitriles is 1. The van der Waals surface area contributed by atoms with E-state index in [1.807, 2.05) is 13.8 Å². The van der Waals surface area contributed by atoms with Gasteiger partial charge in [0.2, 0.25) is 6.36 Å². The molecule has 9 heteroatoms. The summed E-state index contributed by atoms with van der Waals surface area (Å²) in [5.41, 5.74) is 1.88. The van der Waals surface area contributed by atoms with Gasteiger partial charge in [-0.05, 0) is 38.1 Å². The fraction of sp³-hybridized carbons (Fsp3) is 0.400. The number of nitrogens with zero attached hydrogens (tertiary/aromatic N) is 3. The number of halogens is 1. The van der Waals surface area contributed by atoms with Crippen molar-refractivity contribution in [1.82, 2.24) is 9.78 Å². The van der Waals surface area contributed by atoms with Crippen molar-refractivity contribution in [2.24, 2.45) is 5.41 Å². The minimum Gasteiger partial charge on any atom is -0.461 e. The van der Waals surface area contributed by atoms with Gasteiger partial charge in [0.15, 0.2) is 15.6 Å². The van der Waals surface area contributed by atoms with Crippen LogP contribution in [0, 0.1) is 16.7 Å². The highest BCUT2D eigenvalue weighted by molar-refractivity contribution is 7.92. The van der Waals surface area contributed by atoms with E-state index in [-0.39, 0.29) is 29.8 Å². The molecule has 0 saturated carbocycles. The van der Waals surface area contributed by atoms with Gasteiger partial charge in [-0.25, -0.2) is 12.8 Å². The number of ether oxygens (including phenoxy) is 1. The molecule has 4 rings (SSSR count). The third-order valence-electron chi connectivity index (χ3n) is 5.87. The number of alkyl halides is 1. The molecular formula is C25H26FN3O4S. The molecule has 178 valence electrons. The topological polar surface area (TPSA) is 102 Å². The van der Waals surface area contributed by atoms with Gasteiger partial charge in [0.1, 0.15) is 11.4 Å². The van der Waals surface area contributed by atoms with Crippen LogP contribution in [-0.4, -0.2) is 41.8 Å². The zero-order valence-electron chi connectivity index (χ0n) is 19.5. The van der Waals surface area contributed by atoms with Crippen LogP contribution in [0.25, 0.3) is 22.2 Å². The van der Waals surface area contributed by atoms with E-state index in [1.165, 1.54) is 6.92 Å². The van der Waals surface area contributed by atoms with Crippen LogP contribution in [0.3, 0.4) is 0 Å². The molecule has 1 aromatic heterocycles. The summed E-state index contributed by atoms with van der Waals surface area (Å²) in [5, 5.41) is 15.3. The van der Waals surface area contributed by atoms with Crippen LogP contribution in [0.5, 0.6) is 5.75 Å². The fourth-order valence-electron chi connectivity index (χ4n) is 4.63. The van der Waals surface area contributed by atoms with Gasteiger partial charge in [-0.15, -0.1) is 0 Å². The molecule has 0 bridgehead atoms. The summed E-state index contributed by atoms with van der Waals surface area (Å²) in [7, 11) is -3.07. The Morgan fingerprint density at radius 2 is 1.97 bits per heavy atom. The van der Waals surface area contributed by atoms with Crippen LogP contribution in [0.2, 0.25) is 0 Å². The number of hydrogen-bond donors (Lipinski definition) is 0. The van der Waals surface area contributed by atoms with Crippen LogP contribution in [0.15, 0.2) is 36.4 Å². The van der Waals surface area contributed by atoms with Gasteiger partial charge in [-0.2, -0.15) is 10.4 Å². The summed E-state index contributed by atoms with van der Waals surface area (Å²) < 4.78 is 43.6. The van der Waals surface area contributed by atoms with E-state index in [4.69, 9.17) is 9.84 Å². The van der Waals surface area contributed by atoms with E-state index in [2.05, 4.69) is 6.07 Å². The standard InChI is InChI=1S/C25H26FN3O4S/c1-15(2)29-21-10-18(22(30)11-25(4)13-34(31,32)14-25)8-19(12-27)23(21)24(28-29)17-6-5-7-20(9-17)33-16(3)26/h5-10,15-16H,11,13-14H2,1-4H3. The zero-order valence-corrected chi connectivity index (χ0v) is 20.3. The number of hydrogen-bond acceptors (Lipinski definition) is 6. The Balaban J connectivity index is 1.82. The molecule has 1 unspecified atom stereocenters. The van der Waals surface area contributed by atoms with Crippen LogP contribution >= 0.6 is 0 Å². The molecular weight excluding hydrogens is 457 g/mol. The summed E-state index contributed by atoms with van der Waals surface area (Å²) in [4.78, 5) is 13.1. The number of rotatable bonds is 7. The van der Waals surface area contributed by atoms with Gasteiger partial charge < -0.3 is 4.74 Å². The highest BCUT2D eigenvalue weighted by atomic mass is 32.2. The highest BCUT2D eigenvalue weighted by Crippen LogP contribution is 2.38. The number of Topliss-reactive ketones (excluding diaryl/α,β-unsaturated/α-hetero) is 1. The van der Waals surface area contributed by atoms with Gasteiger partial charge in [-0.1, -0.05) is 19.1 Å². The Morgan fingerprint density at radius 1 is 1.26 bits per heavy atom. The predicted molar refractivity (Wildman–Crippen MR) is 127 cm³/mol. The van der Waals surface area contributed by atoms with Crippen LogP contribution < -0.4 is 4.74 Å². The zero-order chi connectivity index (χ0) is 24.8. The lowest BCUT2D eigenvalue weighted by atomic mass is 9.86. The second-order valence-corrected chi connectivity index (χ2v) is 11.6. The van der Waals surface area contributed by atoms with E-state index in [9.17, 15) is 22.9 Å². The van der Waals surface area contributed by atoms with E-state index >= 15 is 0 Å². The van der Waals surface area contributed by atoms with Gasteiger partial charge in [0.25, 0.3) is 0 Å². The summed E-state index contributed by atoms with van der Waals surface area (Å²) >= 11 is 0. The number of ketones is 1. The maximum absolute atomic E-state index is 13.4. The molecule has 1 saturated heterocycles. The van der Waals surface area contributed by atoms with Crippen molar-refractivity contribution in [3.05, 3.63) is 47.5 Å². The lowest BCUT2D eigenvalue weighted by Crippen LogP contribution is -2.47. The molecule has 0 amide bonds. The number of aromatic nitrogens is 2. The van der Waals surface area contributed by atoms with Crippen molar-refractivity contribution < 1.29 is 22.3 Å². The average Bonchev–Trinajstić information content (AvgIpc) is 3.11. The van der Waals surface area contributed by atoms with Crippen molar-refractivity contribution in [2.45, 2.75) is 46.5 Å². The number of carbonyl (C=O) groups excluding carboxylic acids is 1. The Kier molecular flexibility index (Phi) is 5.98. The second kappa shape index (κ2) is 8.51. The Morgan fingerprint density at radius 3 is 2.56 bits per heavy atom. The van der Waals surface area contributed by atoms with E-state index in [0.717, 1.165) is 0 Å². The number of carbonyl (C=O) groups is 1. The molecule has 7 nitrogen and oxygen atoms in total. The van der Waals surface area contributed by atoms with Gasteiger partial charge in [0.05, 0.1) is 28.7 Å². The highest BCUT2D eigenvalue weighted by Gasteiger charge is 2.45. The SMILES string of the molecule is CC(F)Oc1cccc(-c2nn(C(C)C)c3cc(C(=O)CC4(C)CS(=O)(=O)C4)cc(C#N)c23)c1. The molecule has 1 atom stereocenters. The number of benzene rings is 2. The first-order valence-corrected chi connectivity index (χ1v) is 12.8. The van der Waals surface area contributed by atoms with Crippen LogP contribution in [-0.2, 0) is 9.84 Å². The second-order valence-electron chi connectivity index (χ2n) is 9.55. The smallest absolute Gasteiger partial charge is 0.235 e. The maximum atomic E-state index is 13.4. The molecule has 3 aromatic rings. The van der Waals surface area contributed by atoms with Crippen molar-refractivity contribution in [3.63, 3.8) is 0 Å². The molecule has 0 N–H and O–H groups in total. The molecule has 1 aliphatic heterocycles. The molecule has 1 fully saturated rings. The van der Waals surface area contributed by atoms with Crippen molar-refractivity contribution in [3.8, 4) is 23.1 Å². The van der Waals surface area contributed by atoms with E-state index < -0.39 is 21.6 Å². The number of fused-ring (bicyclic) bond motifs is 1. The van der Waals surface area contributed by atoms with Crippen molar-refractivity contribution >= 4 is 26.5 Å². The predicted octanol–water partition coefficient (Wildman–Crippen LogP) is 4.86. The Labute approximate surface area is 198 Å². The molecule has 0 aliphatic carbocycles.